The normalized spacial score (nSPS) is 14.3. The van der Waals surface area contributed by atoms with Crippen molar-refractivity contribution in [1.29, 1.82) is 0 Å². The molecule has 2 aromatic heterocycles. The van der Waals surface area contributed by atoms with Crippen molar-refractivity contribution in [2.45, 2.75) is 38.8 Å². The molecule has 1 atom stereocenters. The van der Waals surface area contributed by atoms with Crippen LogP contribution in [0.2, 0.25) is 0 Å². The first kappa shape index (κ1) is 22.7. The van der Waals surface area contributed by atoms with Gasteiger partial charge in [0, 0.05) is 24.5 Å². The SMILES string of the molecule is Cc1cc(C(=O)Cc2cccc(C(NCC3CC3)c3nccs3)c2)n(-c2cccc(CN)c2)n1. The topological polar surface area (TPSA) is 85.8 Å². The Morgan fingerprint density at radius 2 is 2.00 bits per heavy atom. The average molecular weight is 472 g/mol. The Kier molecular flexibility index (Phi) is 6.67. The highest BCUT2D eigenvalue weighted by molar-refractivity contribution is 7.09. The summed E-state index contributed by atoms with van der Waals surface area (Å²) in [7, 11) is 0. The number of rotatable bonds is 10. The number of carbonyl (C=O) groups excluding carboxylic acids is 1. The Morgan fingerprint density at radius 1 is 1.18 bits per heavy atom. The monoisotopic (exact) mass is 471 g/mol. The van der Waals surface area contributed by atoms with Crippen molar-refractivity contribution in [1.82, 2.24) is 20.1 Å². The number of hydrogen-bond acceptors (Lipinski definition) is 6. The van der Waals surface area contributed by atoms with Gasteiger partial charge >= 0.3 is 0 Å². The predicted molar refractivity (Wildman–Crippen MR) is 135 cm³/mol. The molecule has 0 amide bonds. The number of thiazole rings is 1. The first-order valence-corrected chi connectivity index (χ1v) is 12.6. The Labute approximate surface area is 203 Å². The van der Waals surface area contributed by atoms with Gasteiger partial charge in [0.25, 0.3) is 0 Å². The van der Waals surface area contributed by atoms with Crippen LogP contribution in [0.5, 0.6) is 0 Å². The number of Topliss-reactive ketones (excluding diaryl/α,β-unsaturated/α-hetero) is 1. The summed E-state index contributed by atoms with van der Waals surface area (Å²) in [6.45, 7) is 3.35. The lowest BCUT2D eigenvalue weighted by Crippen LogP contribution is -2.24. The second-order valence-electron chi connectivity index (χ2n) is 8.96. The Morgan fingerprint density at radius 3 is 2.76 bits per heavy atom. The average Bonchev–Trinajstić information content (AvgIpc) is 3.35. The van der Waals surface area contributed by atoms with E-state index in [0.29, 0.717) is 18.7 Å². The lowest BCUT2D eigenvalue weighted by atomic mass is 10.00. The third-order valence-electron chi connectivity index (χ3n) is 6.16. The van der Waals surface area contributed by atoms with Gasteiger partial charge in [0.15, 0.2) is 5.78 Å². The van der Waals surface area contributed by atoms with Crippen molar-refractivity contribution in [3.05, 3.63) is 99.3 Å². The zero-order valence-electron chi connectivity index (χ0n) is 19.3. The summed E-state index contributed by atoms with van der Waals surface area (Å²) in [5, 5.41) is 11.3. The van der Waals surface area contributed by atoms with Crippen molar-refractivity contribution < 1.29 is 4.79 Å². The van der Waals surface area contributed by atoms with Crippen molar-refractivity contribution >= 4 is 17.1 Å². The molecule has 7 heteroatoms. The molecule has 2 aromatic carbocycles. The molecule has 174 valence electrons. The maximum absolute atomic E-state index is 13.4. The summed E-state index contributed by atoms with van der Waals surface area (Å²) in [4.78, 5) is 18.0. The van der Waals surface area contributed by atoms with Crippen molar-refractivity contribution in [2.75, 3.05) is 6.54 Å². The van der Waals surface area contributed by atoms with E-state index in [-0.39, 0.29) is 11.8 Å². The summed E-state index contributed by atoms with van der Waals surface area (Å²) >= 11 is 1.66. The number of nitrogens with two attached hydrogens (primary N) is 1. The molecule has 1 aliphatic rings. The molecular weight excluding hydrogens is 442 g/mol. The minimum atomic E-state index is 0.0349. The fourth-order valence-corrected chi connectivity index (χ4v) is 4.94. The standard InChI is InChI=1S/C27H29N5OS/c1-18-12-24(32(31-18)23-7-3-5-21(14-23)16-28)25(33)15-20-4-2-6-22(13-20)26(27-29-10-11-34-27)30-17-19-8-9-19/h2-7,10-14,19,26,30H,8-9,15-17,28H2,1H3. The molecule has 0 saturated heterocycles. The fraction of sp³-hybridized carbons (Fsp3) is 0.296. The highest BCUT2D eigenvalue weighted by Gasteiger charge is 2.25. The van der Waals surface area contributed by atoms with Crippen LogP contribution in [0.3, 0.4) is 0 Å². The Hall–Kier alpha value is -3.13. The van der Waals surface area contributed by atoms with Crippen LogP contribution < -0.4 is 11.1 Å². The zero-order valence-corrected chi connectivity index (χ0v) is 20.1. The van der Waals surface area contributed by atoms with Crippen LogP contribution in [0.4, 0.5) is 0 Å². The van der Waals surface area contributed by atoms with Gasteiger partial charge in [-0.25, -0.2) is 9.67 Å². The minimum absolute atomic E-state index is 0.0349. The molecule has 1 saturated carbocycles. The summed E-state index contributed by atoms with van der Waals surface area (Å²) < 4.78 is 1.73. The van der Waals surface area contributed by atoms with Crippen LogP contribution in [-0.2, 0) is 13.0 Å². The van der Waals surface area contributed by atoms with Crippen molar-refractivity contribution in [3.8, 4) is 5.69 Å². The summed E-state index contributed by atoms with van der Waals surface area (Å²) in [5.74, 6) is 0.807. The zero-order chi connectivity index (χ0) is 23.5. The number of aryl methyl sites for hydroxylation is 1. The maximum Gasteiger partial charge on any atom is 0.185 e. The minimum Gasteiger partial charge on any atom is -0.326 e. The van der Waals surface area contributed by atoms with Crippen LogP contribution in [0.1, 0.15) is 56.8 Å². The first-order chi connectivity index (χ1) is 16.6. The van der Waals surface area contributed by atoms with E-state index in [1.165, 1.54) is 12.8 Å². The highest BCUT2D eigenvalue weighted by atomic mass is 32.1. The van der Waals surface area contributed by atoms with E-state index in [9.17, 15) is 4.79 Å². The Bertz CT molecular complexity index is 1280. The number of benzene rings is 2. The number of aromatic nitrogens is 3. The van der Waals surface area contributed by atoms with Crippen molar-refractivity contribution in [3.63, 3.8) is 0 Å². The third kappa shape index (κ3) is 5.17. The molecule has 6 nitrogen and oxygen atoms in total. The lowest BCUT2D eigenvalue weighted by Gasteiger charge is -2.18. The highest BCUT2D eigenvalue weighted by Crippen LogP contribution is 2.31. The van der Waals surface area contributed by atoms with E-state index in [1.807, 2.05) is 61.0 Å². The van der Waals surface area contributed by atoms with Gasteiger partial charge in [-0.3, -0.25) is 4.79 Å². The molecule has 1 unspecified atom stereocenters. The molecule has 5 rings (SSSR count). The molecule has 4 aromatic rings. The second kappa shape index (κ2) is 10.0. The fourth-order valence-electron chi connectivity index (χ4n) is 4.20. The largest absolute Gasteiger partial charge is 0.326 e. The molecule has 1 aliphatic carbocycles. The Balaban J connectivity index is 1.39. The van der Waals surface area contributed by atoms with Crippen LogP contribution in [0.25, 0.3) is 5.69 Å². The van der Waals surface area contributed by atoms with E-state index in [1.54, 1.807) is 16.0 Å². The lowest BCUT2D eigenvalue weighted by molar-refractivity contribution is 0.0985. The maximum atomic E-state index is 13.4. The number of hydrogen-bond donors (Lipinski definition) is 2. The van der Waals surface area contributed by atoms with Crippen LogP contribution in [0.15, 0.2) is 66.2 Å². The van der Waals surface area contributed by atoms with Gasteiger partial charge in [-0.05, 0) is 67.1 Å². The van der Waals surface area contributed by atoms with Crippen LogP contribution in [-0.4, -0.2) is 27.1 Å². The number of ketones is 1. The van der Waals surface area contributed by atoms with E-state index in [2.05, 4.69) is 27.5 Å². The first-order valence-electron chi connectivity index (χ1n) is 11.7. The summed E-state index contributed by atoms with van der Waals surface area (Å²) in [5.41, 5.74) is 11.2. The molecule has 34 heavy (non-hydrogen) atoms. The predicted octanol–water partition coefficient (Wildman–Crippen LogP) is 4.61. The van der Waals surface area contributed by atoms with E-state index < -0.39 is 0 Å². The van der Waals surface area contributed by atoms with Crippen LogP contribution >= 0.6 is 11.3 Å². The van der Waals surface area contributed by atoms with Gasteiger partial charge in [-0.1, -0.05) is 36.4 Å². The smallest absolute Gasteiger partial charge is 0.185 e. The molecule has 1 fully saturated rings. The number of nitrogens with one attached hydrogen (secondary N) is 1. The van der Waals surface area contributed by atoms with Crippen LogP contribution in [0, 0.1) is 12.8 Å². The van der Waals surface area contributed by atoms with Gasteiger partial charge < -0.3 is 11.1 Å². The summed E-state index contributed by atoms with van der Waals surface area (Å²) in [6.07, 6.45) is 4.76. The van der Waals surface area contributed by atoms with Gasteiger partial charge in [-0.15, -0.1) is 11.3 Å². The summed E-state index contributed by atoms with van der Waals surface area (Å²) in [6, 6.07) is 18.1. The van der Waals surface area contributed by atoms with E-state index in [4.69, 9.17) is 5.73 Å². The third-order valence-corrected chi connectivity index (χ3v) is 7.00. The van der Waals surface area contributed by atoms with Gasteiger partial charge in [0.2, 0.25) is 0 Å². The quantitative estimate of drug-likeness (QED) is 0.330. The van der Waals surface area contributed by atoms with E-state index >= 15 is 0 Å². The molecule has 3 N–H and O–H groups in total. The molecule has 0 radical (unpaired) electrons. The number of carbonyl (C=O) groups is 1. The second-order valence-corrected chi connectivity index (χ2v) is 9.88. The number of nitrogens with zero attached hydrogens (tertiary/aromatic N) is 3. The molecule has 0 aliphatic heterocycles. The molecular formula is C27H29N5OS. The van der Waals surface area contributed by atoms with Gasteiger partial charge in [0.1, 0.15) is 10.7 Å². The van der Waals surface area contributed by atoms with E-state index in [0.717, 1.165) is 45.5 Å². The molecule has 2 heterocycles. The van der Waals surface area contributed by atoms with Gasteiger partial charge in [-0.2, -0.15) is 5.10 Å². The van der Waals surface area contributed by atoms with Crippen molar-refractivity contribution in [2.24, 2.45) is 11.7 Å². The van der Waals surface area contributed by atoms with Gasteiger partial charge in [0.05, 0.1) is 17.4 Å². The molecule has 0 bridgehead atoms. The molecule has 0 spiro atoms.